The van der Waals surface area contributed by atoms with Crippen molar-refractivity contribution >= 4 is 34.5 Å². The van der Waals surface area contributed by atoms with E-state index in [1.807, 2.05) is 22.6 Å². The van der Waals surface area contributed by atoms with Gasteiger partial charge in [0.2, 0.25) is 5.95 Å². The third kappa shape index (κ3) is 3.69. The quantitative estimate of drug-likeness (QED) is 0.431. The van der Waals surface area contributed by atoms with Crippen molar-refractivity contribution in [1.82, 2.24) is 9.88 Å². The Kier molecular flexibility index (Phi) is 4.50. The molecule has 0 aromatic carbocycles. The lowest BCUT2D eigenvalue weighted by molar-refractivity contribution is 0.00141. The van der Waals surface area contributed by atoms with E-state index in [0.717, 1.165) is 0 Å². The summed E-state index contributed by atoms with van der Waals surface area (Å²) in [6, 6.07) is 1.58. The number of ketones is 1. The molecule has 1 aromatic heterocycles. The third-order valence-electron chi connectivity index (χ3n) is 3.00. The number of Topliss-reactive ketones (excluding diaryl/α,β-unsaturated/α-hetero) is 1. The molecule has 0 radical (unpaired) electrons. The molecule has 5 nitrogen and oxygen atoms in total. The Labute approximate surface area is 136 Å². The molecule has 1 aliphatic rings. The van der Waals surface area contributed by atoms with Crippen LogP contribution in [0.25, 0.3) is 0 Å². The maximum atomic E-state index is 13.7. The van der Waals surface area contributed by atoms with Crippen molar-refractivity contribution in [3.63, 3.8) is 0 Å². The van der Waals surface area contributed by atoms with Gasteiger partial charge in [-0.25, -0.2) is 9.78 Å². The van der Waals surface area contributed by atoms with Gasteiger partial charge in [0.25, 0.3) is 0 Å². The van der Waals surface area contributed by atoms with Gasteiger partial charge in [0.05, 0.1) is 11.5 Å². The Morgan fingerprint density at radius 2 is 2.05 bits per heavy atom. The van der Waals surface area contributed by atoms with Crippen LogP contribution < -0.4 is 0 Å². The SMILES string of the molecule is CC(C)(C)OC(=O)N1CC(C(=O)c2c(I)ccnc2F)C1. The summed E-state index contributed by atoms with van der Waals surface area (Å²) >= 11 is 1.91. The first-order valence-corrected chi connectivity index (χ1v) is 7.59. The monoisotopic (exact) mass is 406 g/mol. The molecule has 2 heterocycles. The number of hydrogen-bond donors (Lipinski definition) is 0. The summed E-state index contributed by atoms with van der Waals surface area (Å²) < 4.78 is 19.4. The summed E-state index contributed by atoms with van der Waals surface area (Å²) in [4.78, 5) is 29.0. The molecule has 114 valence electrons. The molecule has 1 saturated heterocycles. The maximum absolute atomic E-state index is 13.7. The Bertz CT molecular complexity index is 560. The number of likely N-dealkylation sites (tertiary alicyclic amines) is 1. The predicted molar refractivity (Wildman–Crippen MR) is 82.5 cm³/mol. The van der Waals surface area contributed by atoms with E-state index in [-0.39, 0.29) is 24.4 Å². The summed E-state index contributed by atoms with van der Waals surface area (Å²) in [5, 5.41) is 0. The average Bonchev–Trinajstić information content (AvgIpc) is 2.23. The largest absolute Gasteiger partial charge is 0.444 e. The van der Waals surface area contributed by atoms with E-state index < -0.39 is 23.6 Å². The van der Waals surface area contributed by atoms with Crippen LogP contribution in [-0.2, 0) is 4.74 Å². The van der Waals surface area contributed by atoms with E-state index in [9.17, 15) is 14.0 Å². The van der Waals surface area contributed by atoms with Crippen molar-refractivity contribution in [2.75, 3.05) is 13.1 Å². The van der Waals surface area contributed by atoms with E-state index >= 15 is 0 Å². The number of aromatic nitrogens is 1. The van der Waals surface area contributed by atoms with E-state index in [0.29, 0.717) is 3.57 Å². The summed E-state index contributed by atoms with van der Waals surface area (Å²) in [5.41, 5.74) is -0.566. The highest BCUT2D eigenvalue weighted by Crippen LogP contribution is 2.25. The number of amides is 1. The second kappa shape index (κ2) is 5.86. The van der Waals surface area contributed by atoms with Gasteiger partial charge in [-0.05, 0) is 49.4 Å². The van der Waals surface area contributed by atoms with Gasteiger partial charge >= 0.3 is 6.09 Å². The third-order valence-corrected chi connectivity index (χ3v) is 3.90. The lowest BCUT2D eigenvalue weighted by atomic mass is 9.91. The van der Waals surface area contributed by atoms with Crippen molar-refractivity contribution in [3.8, 4) is 0 Å². The van der Waals surface area contributed by atoms with Crippen LogP contribution in [0.2, 0.25) is 0 Å². The normalized spacial score (nSPS) is 15.6. The Morgan fingerprint density at radius 1 is 1.43 bits per heavy atom. The van der Waals surface area contributed by atoms with E-state index in [4.69, 9.17) is 4.74 Å². The van der Waals surface area contributed by atoms with E-state index in [1.165, 1.54) is 11.1 Å². The highest BCUT2D eigenvalue weighted by atomic mass is 127. The highest BCUT2D eigenvalue weighted by molar-refractivity contribution is 14.1. The Balaban J connectivity index is 1.99. The first-order chi connectivity index (χ1) is 9.69. The van der Waals surface area contributed by atoms with Gasteiger partial charge < -0.3 is 9.64 Å². The van der Waals surface area contributed by atoms with Crippen LogP contribution in [0.1, 0.15) is 31.1 Å². The van der Waals surface area contributed by atoms with Gasteiger partial charge in [0, 0.05) is 22.9 Å². The number of hydrogen-bond acceptors (Lipinski definition) is 4. The van der Waals surface area contributed by atoms with Gasteiger partial charge in [-0.2, -0.15) is 4.39 Å². The molecule has 2 rings (SSSR count). The summed E-state index contributed by atoms with van der Waals surface area (Å²) in [6.07, 6.45) is 0.870. The summed E-state index contributed by atoms with van der Waals surface area (Å²) in [7, 11) is 0. The molecule has 0 unspecified atom stereocenters. The molecule has 1 aliphatic heterocycles. The zero-order chi connectivity index (χ0) is 15.8. The van der Waals surface area contributed by atoms with Gasteiger partial charge in [0.15, 0.2) is 5.78 Å². The average molecular weight is 406 g/mol. The predicted octanol–water partition coefficient (Wildman–Crippen LogP) is 2.87. The lowest BCUT2D eigenvalue weighted by Gasteiger charge is -2.38. The summed E-state index contributed by atoms with van der Waals surface area (Å²) in [6.45, 7) is 5.83. The van der Waals surface area contributed by atoms with E-state index in [2.05, 4.69) is 4.98 Å². The number of rotatable bonds is 2. The minimum atomic E-state index is -0.761. The number of carbonyl (C=O) groups is 2. The number of carbonyl (C=O) groups excluding carboxylic acids is 2. The van der Waals surface area contributed by atoms with Crippen LogP contribution in [0.3, 0.4) is 0 Å². The van der Waals surface area contributed by atoms with Crippen LogP contribution in [-0.4, -0.2) is 40.5 Å². The molecule has 21 heavy (non-hydrogen) atoms. The lowest BCUT2D eigenvalue weighted by Crippen LogP contribution is -2.54. The zero-order valence-corrected chi connectivity index (χ0v) is 14.2. The summed E-state index contributed by atoms with van der Waals surface area (Å²) in [5.74, 6) is -1.47. The van der Waals surface area contributed by atoms with Crippen LogP contribution in [0.4, 0.5) is 9.18 Å². The van der Waals surface area contributed by atoms with Crippen molar-refractivity contribution in [3.05, 3.63) is 27.3 Å². The van der Waals surface area contributed by atoms with Crippen molar-refractivity contribution in [2.45, 2.75) is 26.4 Å². The minimum absolute atomic E-state index is 0.00642. The zero-order valence-electron chi connectivity index (χ0n) is 12.0. The minimum Gasteiger partial charge on any atom is -0.444 e. The second-order valence-corrected chi connectivity index (χ2v) is 7.07. The fraction of sp³-hybridized carbons (Fsp3) is 0.500. The highest BCUT2D eigenvalue weighted by Gasteiger charge is 2.39. The molecule has 0 bridgehead atoms. The van der Waals surface area contributed by atoms with Gasteiger partial charge in [-0.3, -0.25) is 4.79 Å². The van der Waals surface area contributed by atoms with Crippen LogP contribution >= 0.6 is 22.6 Å². The van der Waals surface area contributed by atoms with Crippen LogP contribution in [0.5, 0.6) is 0 Å². The fourth-order valence-electron chi connectivity index (χ4n) is 1.96. The molecule has 1 amide bonds. The number of ether oxygens (including phenoxy) is 1. The first-order valence-electron chi connectivity index (χ1n) is 6.51. The topological polar surface area (TPSA) is 59.5 Å². The molecular weight excluding hydrogens is 390 g/mol. The second-order valence-electron chi connectivity index (χ2n) is 5.91. The molecule has 0 atom stereocenters. The number of pyridine rings is 1. The van der Waals surface area contributed by atoms with Gasteiger partial charge in [-0.1, -0.05) is 0 Å². The number of nitrogens with zero attached hydrogens (tertiary/aromatic N) is 2. The molecule has 0 spiro atoms. The van der Waals surface area contributed by atoms with Crippen LogP contribution in [0, 0.1) is 15.4 Å². The van der Waals surface area contributed by atoms with Crippen molar-refractivity contribution in [1.29, 1.82) is 0 Å². The van der Waals surface area contributed by atoms with Gasteiger partial charge in [0.1, 0.15) is 5.60 Å². The smallest absolute Gasteiger partial charge is 0.410 e. The van der Waals surface area contributed by atoms with Crippen LogP contribution in [0.15, 0.2) is 12.3 Å². The standard InChI is InChI=1S/C14H16FIN2O3/c1-14(2,3)21-13(20)18-6-8(7-18)11(19)10-9(16)4-5-17-12(10)15/h4-5,8H,6-7H2,1-3H3. The van der Waals surface area contributed by atoms with Gasteiger partial charge in [-0.15, -0.1) is 0 Å². The molecule has 0 aliphatic carbocycles. The molecule has 1 aromatic rings. The fourth-order valence-corrected chi connectivity index (χ4v) is 2.61. The number of halogens is 2. The van der Waals surface area contributed by atoms with E-state index in [1.54, 1.807) is 26.8 Å². The first kappa shape index (κ1) is 16.1. The molecule has 0 saturated carbocycles. The molecule has 0 N–H and O–H groups in total. The molecule has 1 fully saturated rings. The molecular formula is C14H16FIN2O3. The molecule has 7 heteroatoms. The Morgan fingerprint density at radius 3 is 2.57 bits per heavy atom. The Hall–Kier alpha value is -1.25. The maximum Gasteiger partial charge on any atom is 0.410 e. The van der Waals surface area contributed by atoms with Crippen molar-refractivity contribution in [2.24, 2.45) is 5.92 Å². The van der Waals surface area contributed by atoms with Crippen molar-refractivity contribution < 1.29 is 18.7 Å².